The SMILES string of the molecule is CCn1c(=O)c(CCC(=O)Nc2cccc(OC)c2)c(C)c2c(C)nn(-c3cccc(F)c3)c21. The van der Waals surface area contributed by atoms with Crippen molar-refractivity contribution in [1.29, 1.82) is 0 Å². The highest BCUT2D eigenvalue weighted by Crippen LogP contribution is 2.27. The van der Waals surface area contributed by atoms with Gasteiger partial charge in [-0.2, -0.15) is 5.10 Å². The van der Waals surface area contributed by atoms with Gasteiger partial charge in [-0.3, -0.25) is 14.2 Å². The Bertz CT molecular complexity index is 1440. The highest BCUT2D eigenvalue weighted by Gasteiger charge is 2.21. The van der Waals surface area contributed by atoms with Gasteiger partial charge < -0.3 is 10.1 Å². The number of amides is 1. The molecule has 2 heterocycles. The maximum Gasteiger partial charge on any atom is 0.255 e. The molecule has 0 bridgehead atoms. The summed E-state index contributed by atoms with van der Waals surface area (Å²) in [6, 6.07) is 13.3. The van der Waals surface area contributed by atoms with Crippen LogP contribution in [-0.4, -0.2) is 27.4 Å². The third kappa shape index (κ3) is 4.31. The minimum absolute atomic E-state index is 0.152. The number of nitrogens with zero attached hydrogens (tertiary/aromatic N) is 3. The zero-order chi connectivity index (χ0) is 24.4. The van der Waals surface area contributed by atoms with Gasteiger partial charge in [0.25, 0.3) is 5.56 Å². The molecule has 0 aliphatic heterocycles. The molecule has 0 saturated carbocycles. The van der Waals surface area contributed by atoms with Crippen LogP contribution in [0, 0.1) is 19.7 Å². The quantitative estimate of drug-likeness (QED) is 0.437. The average Bonchev–Trinajstić information content (AvgIpc) is 3.16. The third-order valence-corrected chi connectivity index (χ3v) is 5.95. The number of anilines is 1. The number of carbonyl (C=O) groups excluding carboxylic acids is 1. The molecule has 0 atom stereocenters. The summed E-state index contributed by atoms with van der Waals surface area (Å²) in [5.74, 6) is 0.0812. The maximum absolute atomic E-state index is 13.9. The van der Waals surface area contributed by atoms with E-state index < -0.39 is 0 Å². The molecule has 8 heteroatoms. The van der Waals surface area contributed by atoms with Gasteiger partial charge in [0.05, 0.1) is 18.5 Å². The molecule has 0 spiro atoms. The maximum atomic E-state index is 13.9. The monoisotopic (exact) mass is 462 g/mol. The fourth-order valence-electron chi connectivity index (χ4n) is 4.31. The molecular formula is C26H27FN4O3. The van der Waals surface area contributed by atoms with E-state index >= 15 is 0 Å². The molecule has 176 valence electrons. The number of nitrogens with one attached hydrogen (secondary N) is 1. The number of ether oxygens (including phenoxy) is 1. The van der Waals surface area contributed by atoms with Gasteiger partial charge in [0.1, 0.15) is 17.2 Å². The highest BCUT2D eigenvalue weighted by atomic mass is 19.1. The number of halogens is 1. The summed E-state index contributed by atoms with van der Waals surface area (Å²) in [7, 11) is 1.57. The van der Waals surface area contributed by atoms with Crippen LogP contribution in [0.25, 0.3) is 16.7 Å². The molecule has 0 aliphatic carbocycles. The lowest BCUT2D eigenvalue weighted by molar-refractivity contribution is -0.116. The van der Waals surface area contributed by atoms with E-state index in [4.69, 9.17) is 4.74 Å². The second-order valence-electron chi connectivity index (χ2n) is 8.11. The van der Waals surface area contributed by atoms with Crippen LogP contribution in [0.4, 0.5) is 10.1 Å². The molecule has 0 radical (unpaired) electrons. The van der Waals surface area contributed by atoms with Crippen LogP contribution in [0.1, 0.15) is 30.2 Å². The first kappa shape index (κ1) is 23.2. The van der Waals surface area contributed by atoms with E-state index in [0.717, 1.165) is 16.6 Å². The number of fused-ring (bicyclic) bond motifs is 1. The zero-order valence-electron chi connectivity index (χ0n) is 19.7. The Balaban J connectivity index is 1.69. The number of aromatic nitrogens is 3. The van der Waals surface area contributed by atoms with E-state index in [9.17, 15) is 14.0 Å². The van der Waals surface area contributed by atoms with E-state index in [1.165, 1.54) is 12.1 Å². The summed E-state index contributed by atoms with van der Waals surface area (Å²) in [6.45, 7) is 6.05. The molecule has 0 unspecified atom stereocenters. The Labute approximate surface area is 196 Å². The van der Waals surface area contributed by atoms with Crippen LogP contribution in [-0.2, 0) is 17.8 Å². The number of hydrogen-bond donors (Lipinski definition) is 1. The summed E-state index contributed by atoms with van der Waals surface area (Å²) in [6.07, 6.45) is 0.445. The lowest BCUT2D eigenvalue weighted by Crippen LogP contribution is -2.27. The lowest BCUT2D eigenvalue weighted by atomic mass is 10.0. The lowest BCUT2D eigenvalue weighted by Gasteiger charge is -2.14. The van der Waals surface area contributed by atoms with Gasteiger partial charge in [-0.15, -0.1) is 0 Å². The Morgan fingerprint density at radius 1 is 1.15 bits per heavy atom. The van der Waals surface area contributed by atoms with Gasteiger partial charge in [0.2, 0.25) is 5.91 Å². The number of aryl methyl sites for hydroxylation is 3. The Morgan fingerprint density at radius 3 is 2.62 bits per heavy atom. The molecule has 1 N–H and O–H groups in total. The van der Waals surface area contributed by atoms with Gasteiger partial charge in [-0.25, -0.2) is 9.07 Å². The average molecular weight is 463 g/mol. The first-order valence-electron chi connectivity index (χ1n) is 11.2. The van der Waals surface area contributed by atoms with Gasteiger partial charge >= 0.3 is 0 Å². The summed E-state index contributed by atoms with van der Waals surface area (Å²) in [4.78, 5) is 26.0. The van der Waals surface area contributed by atoms with Crippen molar-refractivity contribution in [2.45, 2.75) is 40.2 Å². The van der Waals surface area contributed by atoms with Crippen molar-refractivity contribution < 1.29 is 13.9 Å². The summed E-state index contributed by atoms with van der Waals surface area (Å²) in [5.41, 5.74) is 3.74. The summed E-state index contributed by atoms with van der Waals surface area (Å²) >= 11 is 0. The van der Waals surface area contributed by atoms with E-state index in [0.29, 0.717) is 41.3 Å². The molecule has 4 aromatic rings. The number of methoxy groups -OCH3 is 1. The summed E-state index contributed by atoms with van der Waals surface area (Å²) < 4.78 is 22.3. The largest absolute Gasteiger partial charge is 0.497 e. The minimum atomic E-state index is -0.375. The molecule has 1 amide bonds. The van der Waals surface area contributed by atoms with Crippen LogP contribution in [0.2, 0.25) is 0 Å². The molecule has 34 heavy (non-hydrogen) atoms. The second kappa shape index (κ2) is 9.51. The Morgan fingerprint density at radius 2 is 1.91 bits per heavy atom. The highest BCUT2D eigenvalue weighted by molar-refractivity contribution is 5.91. The standard InChI is InChI=1S/C26H27FN4O3/c1-5-30-25-24(17(3)29-31(25)20-10-6-8-18(27)14-20)16(2)22(26(30)33)12-13-23(32)28-19-9-7-11-21(15-19)34-4/h6-11,14-15H,5,12-13H2,1-4H3,(H,28,32). The number of hydrogen-bond acceptors (Lipinski definition) is 4. The first-order valence-corrected chi connectivity index (χ1v) is 11.2. The van der Waals surface area contributed by atoms with Gasteiger partial charge in [0.15, 0.2) is 0 Å². The number of rotatable bonds is 7. The number of carbonyl (C=O) groups is 1. The molecule has 0 saturated heterocycles. The smallest absolute Gasteiger partial charge is 0.255 e. The van der Waals surface area contributed by atoms with E-state index in [2.05, 4.69) is 10.4 Å². The van der Waals surface area contributed by atoms with E-state index in [1.54, 1.807) is 52.8 Å². The minimum Gasteiger partial charge on any atom is -0.497 e. The van der Waals surface area contributed by atoms with Crippen LogP contribution >= 0.6 is 0 Å². The molecule has 0 fully saturated rings. The van der Waals surface area contributed by atoms with Crippen molar-refractivity contribution in [3.8, 4) is 11.4 Å². The number of pyridine rings is 1. The van der Waals surface area contributed by atoms with Gasteiger partial charge in [0, 0.05) is 35.7 Å². The molecule has 2 aromatic carbocycles. The topological polar surface area (TPSA) is 78.2 Å². The van der Waals surface area contributed by atoms with Crippen molar-refractivity contribution >= 4 is 22.6 Å². The van der Waals surface area contributed by atoms with Crippen LogP contribution in [0.3, 0.4) is 0 Å². The number of benzene rings is 2. The van der Waals surface area contributed by atoms with Crippen LogP contribution < -0.4 is 15.6 Å². The van der Waals surface area contributed by atoms with E-state index in [-0.39, 0.29) is 23.7 Å². The molecule has 4 rings (SSSR count). The van der Waals surface area contributed by atoms with Crippen LogP contribution in [0.5, 0.6) is 5.75 Å². The fraction of sp³-hybridized carbons (Fsp3) is 0.269. The molecule has 7 nitrogen and oxygen atoms in total. The first-order chi connectivity index (χ1) is 16.3. The Hall–Kier alpha value is -3.94. The van der Waals surface area contributed by atoms with E-state index in [1.807, 2.05) is 20.8 Å². The summed E-state index contributed by atoms with van der Waals surface area (Å²) in [5, 5.41) is 8.31. The van der Waals surface area contributed by atoms with Crippen molar-refractivity contribution in [2.24, 2.45) is 0 Å². The van der Waals surface area contributed by atoms with Gasteiger partial charge in [-0.1, -0.05) is 12.1 Å². The van der Waals surface area contributed by atoms with Gasteiger partial charge in [-0.05, 0) is 63.1 Å². The molecule has 2 aromatic heterocycles. The zero-order valence-corrected chi connectivity index (χ0v) is 19.7. The van der Waals surface area contributed by atoms with Crippen molar-refractivity contribution in [3.05, 3.63) is 81.5 Å². The fourth-order valence-corrected chi connectivity index (χ4v) is 4.31. The predicted molar refractivity (Wildman–Crippen MR) is 130 cm³/mol. The third-order valence-electron chi connectivity index (χ3n) is 5.95. The van der Waals surface area contributed by atoms with Crippen molar-refractivity contribution in [3.63, 3.8) is 0 Å². The molecular weight excluding hydrogens is 435 g/mol. The van der Waals surface area contributed by atoms with Crippen molar-refractivity contribution in [1.82, 2.24) is 14.3 Å². The second-order valence-corrected chi connectivity index (χ2v) is 8.11. The normalized spacial score (nSPS) is 11.1. The van der Waals surface area contributed by atoms with Crippen LogP contribution in [0.15, 0.2) is 53.3 Å². The van der Waals surface area contributed by atoms with Crippen molar-refractivity contribution in [2.75, 3.05) is 12.4 Å². The molecule has 0 aliphatic rings. The Kier molecular flexibility index (Phi) is 6.49. The predicted octanol–water partition coefficient (Wildman–Crippen LogP) is 4.54.